The molecular weight excluding hydrogens is 380 g/mol. The second-order valence-corrected chi connectivity index (χ2v) is 7.26. The molecular formula is C24H22N2O4. The molecule has 4 N–H and O–H groups in total. The summed E-state index contributed by atoms with van der Waals surface area (Å²) in [6, 6.07) is 21.9. The van der Waals surface area contributed by atoms with Gasteiger partial charge in [-0.2, -0.15) is 0 Å². The summed E-state index contributed by atoms with van der Waals surface area (Å²) < 4.78 is 5.44. The Balaban J connectivity index is 1.44. The first-order valence-corrected chi connectivity index (χ1v) is 9.72. The number of amides is 1. The van der Waals surface area contributed by atoms with Crippen LogP contribution in [0.2, 0.25) is 0 Å². The zero-order valence-electron chi connectivity index (χ0n) is 16.2. The van der Waals surface area contributed by atoms with E-state index >= 15 is 0 Å². The number of hydrogen-bond donors (Lipinski definition) is 3. The first kappa shape index (κ1) is 19.5. The van der Waals surface area contributed by atoms with Crippen LogP contribution in [0.5, 0.6) is 0 Å². The molecule has 3 aromatic rings. The summed E-state index contributed by atoms with van der Waals surface area (Å²) in [4.78, 5) is 24.0. The highest BCUT2D eigenvalue weighted by Crippen LogP contribution is 2.44. The van der Waals surface area contributed by atoms with Gasteiger partial charge in [-0.25, -0.2) is 9.59 Å². The highest BCUT2D eigenvalue weighted by Gasteiger charge is 2.29. The van der Waals surface area contributed by atoms with Gasteiger partial charge in [0, 0.05) is 18.0 Å². The van der Waals surface area contributed by atoms with Crippen LogP contribution in [0.15, 0.2) is 72.8 Å². The maximum Gasteiger partial charge on any atom is 0.407 e. The van der Waals surface area contributed by atoms with Crippen molar-refractivity contribution < 1.29 is 19.4 Å². The van der Waals surface area contributed by atoms with Gasteiger partial charge in [-0.05, 0) is 33.9 Å². The number of benzene rings is 3. The second kappa shape index (κ2) is 8.29. The molecule has 0 saturated carbocycles. The monoisotopic (exact) mass is 402 g/mol. The Morgan fingerprint density at radius 3 is 2.10 bits per heavy atom. The number of nitrogens with one attached hydrogen (secondary N) is 1. The summed E-state index contributed by atoms with van der Waals surface area (Å²) in [5.74, 6) is -1.23. The van der Waals surface area contributed by atoms with Gasteiger partial charge in [-0.3, -0.25) is 0 Å². The molecule has 30 heavy (non-hydrogen) atoms. The van der Waals surface area contributed by atoms with Crippen LogP contribution in [0.1, 0.15) is 22.6 Å². The number of carboxylic acids is 1. The van der Waals surface area contributed by atoms with E-state index in [1.807, 2.05) is 36.4 Å². The lowest BCUT2D eigenvalue weighted by molar-refractivity contribution is -0.139. The molecule has 0 saturated heterocycles. The first-order chi connectivity index (χ1) is 14.5. The molecule has 0 aliphatic heterocycles. The second-order valence-electron chi connectivity index (χ2n) is 7.26. The lowest BCUT2D eigenvalue weighted by atomic mass is 9.98. The van der Waals surface area contributed by atoms with Crippen molar-refractivity contribution in [2.24, 2.45) is 0 Å². The van der Waals surface area contributed by atoms with E-state index in [9.17, 15) is 14.7 Å². The lowest BCUT2D eigenvalue weighted by Gasteiger charge is -2.18. The summed E-state index contributed by atoms with van der Waals surface area (Å²) in [7, 11) is 0. The number of fused-ring (bicyclic) bond motifs is 3. The number of carbonyl (C=O) groups excluding carboxylic acids is 1. The third kappa shape index (κ3) is 3.85. The number of carbonyl (C=O) groups is 2. The Bertz CT molecular complexity index is 1050. The van der Waals surface area contributed by atoms with Crippen LogP contribution in [0.4, 0.5) is 10.5 Å². The topological polar surface area (TPSA) is 102 Å². The van der Waals surface area contributed by atoms with E-state index in [1.165, 1.54) is 0 Å². The van der Waals surface area contributed by atoms with Crippen LogP contribution < -0.4 is 11.1 Å². The van der Waals surface area contributed by atoms with E-state index < -0.39 is 18.1 Å². The molecule has 0 fully saturated rings. The number of alkyl carbamates (subject to hydrolysis) is 1. The standard InChI is InChI=1S/C24H22N2O4/c25-21-12-6-1-7-15(21)13-22(23(27)28)26-24(29)30-14-20-18-10-4-2-8-16(18)17-9-3-5-11-19(17)20/h1-12,20,22H,13-14,25H2,(H,26,29)(H,27,28). The number of nitrogens with two attached hydrogens (primary N) is 1. The molecule has 1 amide bonds. The summed E-state index contributed by atoms with van der Waals surface area (Å²) in [5, 5.41) is 12.0. The quantitative estimate of drug-likeness (QED) is 0.544. The van der Waals surface area contributed by atoms with Crippen LogP contribution in [0, 0.1) is 0 Å². The van der Waals surface area contributed by atoms with Crippen LogP contribution in [-0.2, 0) is 16.0 Å². The SMILES string of the molecule is Nc1ccccc1CC(NC(=O)OCC1c2ccccc2-c2ccccc21)C(=O)O. The summed E-state index contributed by atoms with van der Waals surface area (Å²) >= 11 is 0. The van der Waals surface area contributed by atoms with Crippen LogP contribution in [-0.4, -0.2) is 29.8 Å². The van der Waals surface area contributed by atoms with E-state index in [4.69, 9.17) is 10.5 Å². The van der Waals surface area contributed by atoms with E-state index in [0.717, 1.165) is 22.3 Å². The fourth-order valence-corrected chi connectivity index (χ4v) is 3.92. The van der Waals surface area contributed by atoms with E-state index in [0.29, 0.717) is 11.3 Å². The molecule has 0 bridgehead atoms. The highest BCUT2D eigenvalue weighted by molar-refractivity contribution is 5.81. The first-order valence-electron chi connectivity index (χ1n) is 9.72. The van der Waals surface area contributed by atoms with Crippen LogP contribution >= 0.6 is 0 Å². The molecule has 6 nitrogen and oxygen atoms in total. The largest absolute Gasteiger partial charge is 0.480 e. The van der Waals surface area contributed by atoms with Crippen molar-refractivity contribution in [2.75, 3.05) is 12.3 Å². The zero-order valence-corrected chi connectivity index (χ0v) is 16.2. The van der Waals surface area contributed by atoms with Gasteiger partial charge in [-0.15, -0.1) is 0 Å². The number of nitrogen functional groups attached to an aromatic ring is 1. The average Bonchev–Trinajstić information content (AvgIpc) is 3.07. The molecule has 1 aliphatic carbocycles. The van der Waals surface area contributed by atoms with Gasteiger partial charge in [0.05, 0.1) is 0 Å². The number of para-hydroxylation sites is 1. The molecule has 0 aromatic heterocycles. The van der Waals surface area contributed by atoms with Crippen molar-refractivity contribution in [1.82, 2.24) is 5.32 Å². The van der Waals surface area contributed by atoms with Crippen molar-refractivity contribution >= 4 is 17.7 Å². The van der Waals surface area contributed by atoms with Crippen LogP contribution in [0.25, 0.3) is 11.1 Å². The van der Waals surface area contributed by atoms with Crippen molar-refractivity contribution in [3.63, 3.8) is 0 Å². The van der Waals surface area contributed by atoms with Gasteiger partial charge in [0.15, 0.2) is 0 Å². The molecule has 0 heterocycles. The number of ether oxygens (including phenoxy) is 1. The third-order valence-corrected chi connectivity index (χ3v) is 5.41. The Hall–Kier alpha value is -3.80. The molecule has 1 aliphatic rings. The molecule has 0 spiro atoms. The van der Waals surface area contributed by atoms with E-state index in [-0.39, 0.29) is 18.9 Å². The molecule has 6 heteroatoms. The molecule has 3 aromatic carbocycles. The van der Waals surface area contributed by atoms with Gasteiger partial charge in [0.2, 0.25) is 0 Å². The zero-order chi connectivity index (χ0) is 21.1. The number of rotatable bonds is 6. The molecule has 4 rings (SSSR count). The minimum absolute atomic E-state index is 0.0756. The number of aliphatic carboxylic acids is 1. The van der Waals surface area contributed by atoms with Gasteiger partial charge in [-0.1, -0.05) is 66.7 Å². The fraction of sp³-hybridized carbons (Fsp3) is 0.167. The van der Waals surface area contributed by atoms with E-state index in [1.54, 1.807) is 24.3 Å². The molecule has 0 radical (unpaired) electrons. The Kier molecular flexibility index (Phi) is 5.39. The van der Waals surface area contributed by atoms with Gasteiger partial charge >= 0.3 is 12.1 Å². The Morgan fingerprint density at radius 2 is 1.50 bits per heavy atom. The fourth-order valence-electron chi connectivity index (χ4n) is 3.92. The number of carboxylic acid groups (broad SMARTS) is 1. The molecule has 152 valence electrons. The summed E-state index contributed by atoms with van der Waals surface area (Å²) in [6.45, 7) is 0.125. The van der Waals surface area contributed by atoms with Crippen molar-refractivity contribution in [3.05, 3.63) is 89.5 Å². The Labute approximate surface area is 174 Å². The highest BCUT2D eigenvalue weighted by atomic mass is 16.5. The maximum atomic E-state index is 12.4. The molecule has 1 atom stereocenters. The minimum atomic E-state index is -1.15. The summed E-state index contributed by atoms with van der Waals surface area (Å²) in [5.41, 5.74) is 11.5. The lowest BCUT2D eigenvalue weighted by Crippen LogP contribution is -2.43. The van der Waals surface area contributed by atoms with Gasteiger partial charge in [0.1, 0.15) is 12.6 Å². The van der Waals surface area contributed by atoms with Crippen molar-refractivity contribution in [2.45, 2.75) is 18.4 Å². The molecule has 1 unspecified atom stereocenters. The van der Waals surface area contributed by atoms with Crippen molar-refractivity contribution in [3.8, 4) is 11.1 Å². The number of anilines is 1. The minimum Gasteiger partial charge on any atom is -0.480 e. The van der Waals surface area contributed by atoms with Crippen LogP contribution in [0.3, 0.4) is 0 Å². The van der Waals surface area contributed by atoms with Crippen molar-refractivity contribution in [1.29, 1.82) is 0 Å². The van der Waals surface area contributed by atoms with Gasteiger partial charge in [0.25, 0.3) is 0 Å². The predicted octanol–water partition coefficient (Wildman–Crippen LogP) is 3.80. The number of hydrogen-bond acceptors (Lipinski definition) is 4. The van der Waals surface area contributed by atoms with E-state index in [2.05, 4.69) is 17.4 Å². The third-order valence-electron chi connectivity index (χ3n) is 5.41. The predicted molar refractivity (Wildman–Crippen MR) is 114 cm³/mol. The van der Waals surface area contributed by atoms with Gasteiger partial charge < -0.3 is 20.9 Å². The maximum absolute atomic E-state index is 12.4. The average molecular weight is 402 g/mol. The summed E-state index contributed by atoms with van der Waals surface area (Å²) in [6.07, 6.45) is -0.689. The smallest absolute Gasteiger partial charge is 0.407 e. The normalized spacial score (nSPS) is 13.2. The Morgan fingerprint density at radius 1 is 0.933 bits per heavy atom.